The van der Waals surface area contributed by atoms with Crippen LogP contribution in [0.4, 0.5) is 10.5 Å². The van der Waals surface area contributed by atoms with Crippen LogP contribution in [0.2, 0.25) is 0 Å². The zero-order valence-electron chi connectivity index (χ0n) is 15.4. The lowest BCUT2D eigenvalue weighted by Gasteiger charge is -2.34. The van der Waals surface area contributed by atoms with Gasteiger partial charge in [-0.1, -0.05) is 6.07 Å². The number of hydrogen-bond acceptors (Lipinski definition) is 5. The first kappa shape index (κ1) is 18.8. The van der Waals surface area contributed by atoms with Gasteiger partial charge in [-0.15, -0.1) is 0 Å². The Morgan fingerprint density at radius 3 is 2.56 bits per heavy atom. The number of piperazine rings is 1. The van der Waals surface area contributed by atoms with Gasteiger partial charge in [0, 0.05) is 56.4 Å². The Morgan fingerprint density at radius 2 is 1.85 bits per heavy atom. The van der Waals surface area contributed by atoms with Gasteiger partial charge in [-0.25, -0.2) is 4.79 Å². The number of hydrogen-bond donors (Lipinski definition) is 1. The van der Waals surface area contributed by atoms with Gasteiger partial charge < -0.3 is 9.64 Å². The second-order valence-corrected chi connectivity index (χ2v) is 6.35. The molecule has 0 bridgehead atoms. The van der Waals surface area contributed by atoms with E-state index in [1.54, 1.807) is 43.6 Å². The van der Waals surface area contributed by atoms with Gasteiger partial charge in [-0.2, -0.15) is 0 Å². The largest absolute Gasteiger partial charge is 0.450 e. The highest BCUT2D eigenvalue weighted by Crippen LogP contribution is 2.15. The minimum atomic E-state index is -0.521. The molecule has 1 N–H and O–H groups in total. The monoisotopic (exact) mass is 368 g/mol. The van der Waals surface area contributed by atoms with E-state index in [4.69, 9.17) is 4.74 Å². The SMILES string of the molecule is CCOC(=O)Nc1cccc(C(=O)N2CCN(Cc3ccncc3)CC2)c1. The van der Waals surface area contributed by atoms with Gasteiger partial charge in [0.25, 0.3) is 5.91 Å². The standard InChI is InChI=1S/C20H24N4O3/c1-2-27-20(26)22-18-5-3-4-17(14-18)19(25)24-12-10-23(11-13-24)15-16-6-8-21-9-7-16/h3-9,14H,2,10-13,15H2,1H3,(H,22,26). The lowest BCUT2D eigenvalue weighted by Crippen LogP contribution is -2.48. The molecule has 0 atom stereocenters. The average Bonchev–Trinajstić information content (AvgIpc) is 2.69. The first-order chi connectivity index (χ1) is 13.2. The molecule has 2 aromatic rings. The van der Waals surface area contributed by atoms with E-state index in [9.17, 15) is 9.59 Å². The first-order valence-corrected chi connectivity index (χ1v) is 9.10. The van der Waals surface area contributed by atoms with E-state index in [0.717, 1.165) is 19.6 Å². The fourth-order valence-electron chi connectivity index (χ4n) is 3.05. The summed E-state index contributed by atoms with van der Waals surface area (Å²) in [5.74, 6) is -0.0222. The fourth-order valence-corrected chi connectivity index (χ4v) is 3.05. The Labute approximate surface area is 158 Å². The number of carbonyl (C=O) groups excluding carboxylic acids is 2. The van der Waals surface area contributed by atoms with Crippen molar-refractivity contribution < 1.29 is 14.3 Å². The van der Waals surface area contributed by atoms with E-state index in [0.29, 0.717) is 30.9 Å². The van der Waals surface area contributed by atoms with Crippen molar-refractivity contribution in [1.29, 1.82) is 0 Å². The van der Waals surface area contributed by atoms with Gasteiger partial charge in [0.2, 0.25) is 0 Å². The van der Waals surface area contributed by atoms with E-state index in [1.165, 1.54) is 5.56 Å². The van der Waals surface area contributed by atoms with E-state index < -0.39 is 6.09 Å². The summed E-state index contributed by atoms with van der Waals surface area (Å²) in [6, 6.07) is 11.0. The molecule has 3 rings (SSSR count). The predicted octanol–water partition coefficient (Wildman–Crippen LogP) is 2.61. The molecule has 2 amide bonds. The van der Waals surface area contributed by atoms with Crippen molar-refractivity contribution in [2.75, 3.05) is 38.1 Å². The first-order valence-electron chi connectivity index (χ1n) is 9.10. The van der Waals surface area contributed by atoms with Crippen LogP contribution in [0.15, 0.2) is 48.8 Å². The number of nitrogens with one attached hydrogen (secondary N) is 1. The van der Waals surface area contributed by atoms with Crippen molar-refractivity contribution in [3.8, 4) is 0 Å². The minimum absolute atomic E-state index is 0.0222. The summed E-state index contributed by atoms with van der Waals surface area (Å²) in [5.41, 5.74) is 2.34. The number of amides is 2. The van der Waals surface area contributed by atoms with Crippen molar-refractivity contribution in [3.05, 3.63) is 59.9 Å². The molecular formula is C20H24N4O3. The third kappa shape index (κ3) is 5.27. The molecule has 0 spiro atoms. The molecule has 142 valence electrons. The Kier molecular flexibility index (Phi) is 6.38. The van der Waals surface area contributed by atoms with Crippen LogP contribution in [0.5, 0.6) is 0 Å². The number of rotatable bonds is 5. The quantitative estimate of drug-likeness (QED) is 0.878. The normalized spacial score (nSPS) is 14.6. The summed E-state index contributed by atoms with van der Waals surface area (Å²) in [7, 11) is 0. The summed E-state index contributed by atoms with van der Waals surface area (Å²) in [5, 5.41) is 2.63. The molecule has 0 radical (unpaired) electrons. The zero-order chi connectivity index (χ0) is 19.1. The molecular weight excluding hydrogens is 344 g/mol. The molecule has 7 nitrogen and oxygen atoms in total. The molecule has 0 unspecified atom stereocenters. The Hall–Kier alpha value is -2.93. The second-order valence-electron chi connectivity index (χ2n) is 6.35. The van der Waals surface area contributed by atoms with Crippen molar-refractivity contribution >= 4 is 17.7 Å². The maximum Gasteiger partial charge on any atom is 0.411 e. The van der Waals surface area contributed by atoms with Gasteiger partial charge in [0.15, 0.2) is 0 Å². The molecule has 7 heteroatoms. The Bertz CT molecular complexity index is 774. The van der Waals surface area contributed by atoms with E-state index in [1.807, 2.05) is 17.0 Å². The smallest absolute Gasteiger partial charge is 0.411 e. The minimum Gasteiger partial charge on any atom is -0.450 e. The summed E-state index contributed by atoms with van der Waals surface area (Å²) >= 11 is 0. The van der Waals surface area contributed by atoms with Crippen molar-refractivity contribution in [1.82, 2.24) is 14.8 Å². The predicted molar refractivity (Wildman–Crippen MR) is 103 cm³/mol. The van der Waals surface area contributed by atoms with Gasteiger partial charge in [-0.05, 0) is 42.8 Å². The van der Waals surface area contributed by atoms with Crippen LogP contribution in [0.3, 0.4) is 0 Å². The number of benzene rings is 1. The third-order valence-corrected chi connectivity index (χ3v) is 4.45. The molecule has 1 saturated heterocycles. The molecule has 1 fully saturated rings. The van der Waals surface area contributed by atoms with Crippen LogP contribution >= 0.6 is 0 Å². The molecule has 1 aliphatic heterocycles. The second kappa shape index (κ2) is 9.14. The van der Waals surface area contributed by atoms with E-state index >= 15 is 0 Å². The Balaban J connectivity index is 1.55. The zero-order valence-corrected chi connectivity index (χ0v) is 15.4. The van der Waals surface area contributed by atoms with Crippen molar-refractivity contribution in [3.63, 3.8) is 0 Å². The number of carbonyl (C=O) groups is 2. The number of nitrogens with zero attached hydrogens (tertiary/aromatic N) is 3. The maximum atomic E-state index is 12.8. The molecule has 1 aliphatic rings. The lowest BCUT2D eigenvalue weighted by atomic mass is 10.1. The summed E-state index contributed by atoms with van der Waals surface area (Å²) in [6.07, 6.45) is 3.07. The highest BCUT2D eigenvalue weighted by atomic mass is 16.5. The van der Waals surface area contributed by atoms with Crippen LogP contribution in [0, 0.1) is 0 Å². The summed E-state index contributed by atoms with van der Waals surface area (Å²) < 4.78 is 4.87. The highest BCUT2D eigenvalue weighted by molar-refractivity contribution is 5.96. The molecule has 2 heterocycles. The molecule has 0 aliphatic carbocycles. The van der Waals surface area contributed by atoms with Crippen LogP contribution in [-0.4, -0.2) is 59.6 Å². The number of pyridine rings is 1. The van der Waals surface area contributed by atoms with E-state index in [2.05, 4.69) is 15.2 Å². The fraction of sp³-hybridized carbons (Fsp3) is 0.350. The van der Waals surface area contributed by atoms with Crippen LogP contribution in [0.1, 0.15) is 22.8 Å². The lowest BCUT2D eigenvalue weighted by molar-refractivity contribution is 0.0628. The van der Waals surface area contributed by atoms with Crippen molar-refractivity contribution in [2.24, 2.45) is 0 Å². The van der Waals surface area contributed by atoms with Crippen LogP contribution in [0.25, 0.3) is 0 Å². The summed E-state index contributed by atoms with van der Waals surface area (Å²) in [6.45, 7) is 5.92. The topological polar surface area (TPSA) is 74.8 Å². The van der Waals surface area contributed by atoms with Gasteiger partial charge in [0.05, 0.1) is 6.61 Å². The van der Waals surface area contributed by atoms with Gasteiger partial charge in [0.1, 0.15) is 0 Å². The number of anilines is 1. The van der Waals surface area contributed by atoms with Crippen molar-refractivity contribution in [2.45, 2.75) is 13.5 Å². The van der Waals surface area contributed by atoms with Crippen LogP contribution < -0.4 is 5.32 Å². The molecule has 1 aromatic heterocycles. The third-order valence-electron chi connectivity index (χ3n) is 4.45. The molecule has 0 saturated carbocycles. The molecule has 1 aromatic carbocycles. The molecule has 27 heavy (non-hydrogen) atoms. The maximum absolute atomic E-state index is 12.8. The summed E-state index contributed by atoms with van der Waals surface area (Å²) in [4.78, 5) is 32.5. The van der Waals surface area contributed by atoms with Gasteiger partial charge >= 0.3 is 6.09 Å². The number of ether oxygens (including phenoxy) is 1. The average molecular weight is 368 g/mol. The van der Waals surface area contributed by atoms with Gasteiger partial charge in [-0.3, -0.25) is 20.0 Å². The Morgan fingerprint density at radius 1 is 1.11 bits per heavy atom. The highest BCUT2D eigenvalue weighted by Gasteiger charge is 2.22. The van der Waals surface area contributed by atoms with E-state index in [-0.39, 0.29) is 5.91 Å². The van der Waals surface area contributed by atoms with Crippen LogP contribution in [-0.2, 0) is 11.3 Å². The number of aromatic nitrogens is 1.